The van der Waals surface area contributed by atoms with Crippen LogP contribution in [0.15, 0.2) is 24.3 Å². The molecule has 1 aromatic heterocycles. The maximum atomic E-state index is 13.7. The van der Waals surface area contributed by atoms with Crippen LogP contribution in [0.1, 0.15) is 23.7 Å². The first-order valence-electron chi connectivity index (χ1n) is 7.31. The lowest BCUT2D eigenvalue weighted by Gasteiger charge is -2.37. The van der Waals surface area contributed by atoms with Gasteiger partial charge in [-0.15, -0.1) is 0 Å². The molecule has 4 nitrogen and oxygen atoms in total. The minimum Gasteiger partial charge on any atom is -0.365 e. The van der Waals surface area contributed by atoms with E-state index in [1.165, 1.54) is 6.92 Å². The predicted octanol–water partition coefficient (Wildman–Crippen LogP) is 3.47. The molecule has 3 rings (SSSR count). The van der Waals surface area contributed by atoms with Gasteiger partial charge in [-0.25, -0.2) is 13.8 Å². The third kappa shape index (κ3) is 2.83. The van der Waals surface area contributed by atoms with Gasteiger partial charge in [0.15, 0.2) is 0 Å². The van der Waals surface area contributed by atoms with Crippen molar-refractivity contribution in [1.82, 2.24) is 4.98 Å². The average Bonchev–Trinajstić information content (AvgIpc) is 2.49. The summed E-state index contributed by atoms with van der Waals surface area (Å²) in [4.78, 5) is 17.9. The zero-order chi connectivity index (χ0) is 16.8. The van der Waals surface area contributed by atoms with Gasteiger partial charge in [-0.05, 0) is 12.1 Å². The number of pyridine rings is 1. The summed E-state index contributed by atoms with van der Waals surface area (Å²) in [6, 6.07) is 6.83. The monoisotopic (exact) mass is 339 g/mol. The van der Waals surface area contributed by atoms with Crippen LogP contribution < -0.4 is 10.6 Å². The van der Waals surface area contributed by atoms with Crippen molar-refractivity contribution in [3.63, 3.8) is 0 Å². The van der Waals surface area contributed by atoms with Crippen LogP contribution in [0.3, 0.4) is 0 Å². The number of amides is 1. The number of benzene rings is 1. The summed E-state index contributed by atoms with van der Waals surface area (Å²) in [5.74, 6) is -3.86. The SMILES string of the molecule is CC1CN(c2nc3c(Cl)cccc3cc2C(N)=O)CCC1(F)F. The standard InChI is InChI=1S/C16H16ClF2N3O/c1-9-8-22(6-5-16(9,18)19)15-11(14(20)23)7-10-3-2-4-12(17)13(10)21-15/h2-4,7,9H,5-6,8H2,1H3,(H2,20,23). The maximum absolute atomic E-state index is 13.7. The minimum absolute atomic E-state index is 0.107. The van der Waals surface area contributed by atoms with Crippen LogP contribution in [0.2, 0.25) is 5.02 Å². The van der Waals surface area contributed by atoms with E-state index in [1.807, 2.05) is 0 Å². The second-order valence-electron chi connectivity index (χ2n) is 5.89. The number of nitrogens with two attached hydrogens (primary N) is 1. The van der Waals surface area contributed by atoms with Crippen LogP contribution in [0.25, 0.3) is 10.9 Å². The number of nitrogens with zero attached hydrogens (tertiary/aromatic N) is 2. The van der Waals surface area contributed by atoms with Gasteiger partial charge in [0.25, 0.3) is 11.8 Å². The van der Waals surface area contributed by atoms with Crippen molar-refractivity contribution in [2.75, 3.05) is 18.0 Å². The molecule has 1 aliphatic rings. The molecule has 1 atom stereocenters. The Morgan fingerprint density at radius 1 is 1.48 bits per heavy atom. The Morgan fingerprint density at radius 3 is 2.87 bits per heavy atom. The summed E-state index contributed by atoms with van der Waals surface area (Å²) in [5, 5.41) is 1.13. The van der Waals surface area contributed by atoms with E-state index >= 15 is 0 Å². The van der Waals surface area contributed by atoms with Crippen molar-refractivity contribution in [1.29, 1.82) is 0 Å². The fraction of sp³-hybridized carbons (Fsp3) is 0.375. The Bertz CT molecular complexity index is 781. The maximum Gasteiger partial charge on any atom is 0.254 e. The Labute approximate surface area is 137 Å². The van der Waals surface area contributed by atoms with Crippen molar-refractivity contribution in [2.45, 2.75) is 19.3 Å². The molecule has 1 aliphatic heterocycles. The molecular formula is C16H16ClF2N3O. The highest BCUT2D eigenvalue weighted by Gasteiger charge is 2.42. The van der Waals surface area contributed by atoms with Gasteiger partial charge >= 0.3 is 0 Å². The van der Waals surface area contributed by atoms with E-state index in [0.29, 0.717) is 21.7 Å². The number of alkyl halides is 2. The zero-order valence-electron chi connectivity index (χ0n) is 12.5. The largest absolute Gasteiger partial charge is 0.365 e. The molecule has 0 radical (unpaired) electrons. The van der Waals surface area contributed by atoms with Crippen LogP contribution in [0.4, 0.5) is 14.6 Å². The van der Waals surface area contributed by atoms with Gasteiger partial charge < -0.3 is 10.6 Å². The molecule has 0 spiro atoms. The van der Waals surface area contributed by atoms with Crippen molar-refractivity contribution in [3.05, 3.63) is 34.9 Å². The Kier molecular flexibility index (Phi) is 3.88. The summed E-state index contributed by atoms with van der Waals surface area (Å²) >= 11 is 6.16. The third-order valence-corrected chi connectivity index (χ3v) is 4.58. The summed E-state index contributed by atoms with van der Waals surface area (Å²) in [5.41, 5.74) is 6.20. The van der Waals surface area contributed by atoms with Crippen molar-refractivity contribution >= 4 is 34.2 Å². The number of piperidine rings is 1. The predicted molar refractivity (Wildman–Crippen MR) is 86.2 cm³/mol. The normalized spacial score (nSPS) is 20.7. The molecule has 1 fully saturated rings. The highest BCUT2D eigenvalue weighted by atomic mass is 35.5. The molecule has 7 heteroatoms. The fourth-order valence-electron chi connectivity index (χ4n) is 2.85. The molecular weight excluding hydrogens is 324 g/mol. The number of anilines is 1. The number of para-hydroxylation sites is 1. The van der Waals surface area contributed by atoms with E-state index in [2.05, 4.69) is 4.98 Å². The number of carbonyl (C=O) groups excluding carboxylic acids is 1. The van der Waals surface area contributed by atoms with E-state index in [0.717, 1.165) is 0 Å². The second kappa shape index (κ2) is 5.60. The first-order valence-corrected chi connectivity index (χ1v) is 7.69. The van der Waals surface area contributed by atoms with Gasteiger partial charge in [-0.1, -0.05) is 30.7 Å². The Balaban J connectivity index is 2.10. The molecule has 2 N–H and O–H groups in total. The minimum atomic E-state index is -2.71. The van der Waals surface area contributed by atoms with Gasteiger partial charge in [0, 0.05) is 30.8 Å². The van der Waals surface area contributed by atoms with Crippen LogP contribution in [-0.2, 0) is 0 Å². The van der Waals surface area contributed by atoms with E-state index in [1.54, 1.807) is 29.2 Å². The molecule has 0 bridgehead atoms. The number of hydrogen-bond donors (Lipinski definition) is 1. The van der Waals surface area contributed by atoms with Gasteiger partial charge in [-0.2, -0.15) is 0 Å². The lowest BCUT2D eigenvalue weighted by molar-refractivity contribution is -0.0652. The zero-order valence-corrected chi connectivity index (χ0v) is 13.3. The first-order chi connectivity index (χ1) is 10.8. The summed E-state index contributed by atoms with van der Waals surface area (Å²) in [6.07, 6.45) is -0.283. The molecule has 1 unspecified atom stereocenters. The van der Waals surface area contributed by atoms with Crippen LogP contribution in [0, 0.1) is 5.92 Å². The highest BCUT2D eigenvalue weighted by Crippen LogP contribution is 2.36. The molecule has 0 saturated carbocycles. The number of hydrogen-bond acceptors (Lipinski definition) is 3. The number of aromatic nitrogens is 1. The summed E-state index contributed by atoms with van der Waals surface area (Å²) in [7, 11) is 0. The molecule has 23 heavy (non-hydrogen) atoms. The first kappa shape index (κ1) is 15.9. The van der Waals surface area contributed by atoms with E-state index in [-0.39, 0.29) is 25.1 Å². The van der Waals surface area contributed by atoms with Crippen LogP contribution in [0.5, 0.6) is 0 Å². The Morgan fingerprint density at radius 2 is 2.22 bits per heavy atom. The molecule has 1 amide bonds. The summed E-state index contributed by atoms with van der Waals surface area (Å²) < 4.78 is 27.4. The van der Waals surface area contributed by atoms with Gasteiger partial charge in [0.05, 0.1) is 16.1 Å². The van der Waals surface area contributed by atoms with Crippen LogP contribution >= 0.6 is 11.6 Å². The van der Waals surface area contributed by atoms with E-state index in [9.17, 15) is 13.6 Å². The lowest BCUT2D eigenvalue weighted by atomic mass is 9.95. The number of halogens is 3. The van der Waals surface area contributed by atoms with Crippen molar-refractivity contribution in [2.24, 2.45) is 11.7 Å². The Hall–Kier alpha value is -1.95. The smallest absolute Gasteiger partial charge is 0.254 e. The van der Waals surface area contributed by atoms with Gasteiger partial charge in [0.1, 0.15) is 5.82 Å². The molecule has 1 saturated heterocycles. The fourth-order valence-corrected chi connectivity index (χ4v) is 3.08. The molecule has 1 aromatic carbocycles. The van der Waals surface area contributed by atoms with E-state index < -0.39 is 17.7 Å². The van der Waals surface area contributed by atoms with Gasteiger partial charge in [-0.3, -0.25) is 4.79 Å². The van der Waals surface area contributed by atoms with E-state index in [4.69, 9.17) is 17.3 Å². The van der Waals surface area contributed by atoms with Gasteiger partial charge in [0.2, 0.25) is 0 Å². The lowest BCUT2D eigenvalue weighted by Crippen LogP contribution is -2.46. The number of fused-ring (bicyclic) bond motifs is 1. The highest BCUT2D eigenvalue weighted by molar-refractivity contribution is 6.35. The quantitative estimate of drug-likeness (QED) is 0.911. The molecule has 122 valence electrons. The molecule has 2 heterocycles. The molecule has 2 aromatic rings. The second-order valence-corrected chi connectivity index (χ2v) is 6.30. The average molecular weight is 340 g/mol. The molecule has 0 aliphatic carbocycles. The number of rotatable bonds is 2. The third-order valence-electron chi connectivity index (χ3n) is 4.27. The van der Waals surface area contributed by atoms with Crippen molar-refractivity contribution < 1.29 is 13.6 Å². The van der Waals surface area contributed by atoms with Crippen LogP contribution in [-0.4, -0.2) is 29.9 Å². The van der Waals surface area contributed by atoms with Crippen molar-refractivity contribution in [3.8, 4) is 0 Å². The number of carbonyl (C=O) groups is 1. The topological polar surface area (TPSA) is 59.2 Å². The summed E-state index contributed by atoms with van der Waals surface area (Å²) in [6.45, 7) is 1.71. The number of primary amides is 1.